The molecule has 0 bridgehead atoms. The van der Waals surface area contributed by atoms with Crippen LogP contribution in [0.15, 0.2) is 36.5 Å². The average molecular weight is 1310 g/mol. The number of rotatable bonds is 58. The molecule has 0 radical (unpaired) electrons. The summed E-state index contributed by atoms with van der Waals surface area (Å²) in [6.07, 6.45) is 38.9. The third-order valence-electron chi connectivity index (χ3n) is 18.7. The van der Waals surface area contributed by atoms with Gasteiger partial charge in [0.25, 0.3) is 0 Å². The molecule has 1 amide bonds. The van der Waals surface area contributed by atoms with Crippen LogP contribution in [-0.2, 0) is 33.2 Å². The van der Waals surface area contributed by atoms with Crippen LogP contribution in [0.4, 0.5) is 0 Å². The van der Waals surface area contributed by atoms with Gasteiger partial charge in [-0.3, -0.25) is 4.79 Å². The number of hydrogen-bond donors (Lipinski definition) is 12. The van der Waals surface area contributed by atoms with Crippen molar-refractivity contribution in [2.75, 3.05) is 26.4 Å². The molecule has 540 valence electrons. The maximum Gasteiger partial charge on any atom is 0.220 e. The molecule has 3 aliphatic heterocycles. The number of hydrogen-bond acceptors (Lipinski definition) is 18. The summed E-state index contributed by atoms with van der Waals surface area (Å²) in [6.45, 7) is 1.71. The Morgan fingerprint density at radius 2 is 0.696 bits per heavy atom. The maximum absolute atomic E-state index is 13.4. The number of aliphatic hydroxyl groups excluding tert-OH is 11. The molecular weight excluding hydrogens is 1180 g/mol. The first-order valence-corrected chi connectivity index (χ1v) is 37.2. The highest BCUT2D eigenvalue weighted by Gasteiger charge is 2.53. The summed E-state index contributed by atoms with van der Waals surface area (Å²) < 4.78 is 34.3. The second-order valence-electron chi connectivity index (χ2n) is 26.7. The van der Waals surface area contributed by atoms with E-state index in [1.807, 2.05) is 6.08 Å². The molecule has 17 atom stereocenters. The van der Waals surface area contributed by atoms with E-state index in [1.165, 1.54) is 218 Å². The van der Waals surface area contributed by atoms with E-state index in [1.54, 1.807) is 6.08 Å². The Labute approximate surface area is 555 Å². The zero-order valence-corrected chi connectivity index (χ0v) is 57.3. The molecule has 92 heavy (non-hydrogen) atoms. The number of amides is 1. The molecule has 3 aliphatic rings. The summed E-state index contributed by atoms with van der Waals surface area (Å²) in [4.78, 5) is 13.4. The predicted octanol–water partition coefficient (Wildman–Crippen LogP) is 10.8. The van der Waals surface area contributed by atoms with E-state index in [9.17, 15) is 61.0 Å². The predicted molar refractivity (Wildman–Crippen MR) is 360 cm³/mol. The van der Waals surface area contributed by atoms with Crippen LogP contribution in [0.5, 0.6) is 0 Å². The second kappa shape index (κ2) is 55.0. The summed E-state index contributed by atoms with van der Waals surface area (Å²) >= 11 is 0. The monoisotopic (exact) mass is 1310 g/mol. The standard InChI is InChI=1S/C73H135NO18/c1-3-5-7-9-11-13-15-17-18-19-20-21-22-23-24-25-26-27-28-29-30-31-32-33-34-35-36-37-38-39-41-43-45-47-49-51-61(79)74-56(57(78)50-48-46-44-42-40-16-14-12-10-8-6-4-2)55-87-71-67(85)64(82)69(59(53-76)89-71)92-73-68(86)65(83)70(60(54-77)90-73)91-72-66(84)63(81)62(80)58(52-75)88-72/h19-20,40,42,48,50,56-60,62-73,75-78,80-86H,3-18,21-39,41,43-47,49,51-55H2,1-2H3,(H,74,79)/b20-19-,42-40+,50-48+. The van der Waals surface area contributed by atoms with Crippen LogP contribution in [0.3, 0.4) is 0 Å². The minimum atomic E-state index is -1.98. The molecule has 0 aromatic heterocycles. The lowest BCUT2D eigenvalue weighted by molar-refractivity contribution is -0.379. The summed E-state index contributed by atoms with van der Waals surface area (Å²) in [5.41, 5.74) is 0. The van der Waals surface area contributed by atoms with Gasteiger partial charge in [-0.2, -0.15) is 0 Å². The quantitative estimate of drug-likeness (QED) is 0.0199. The fourth-order valence-electron chi connectivity index (χ4n) is 12.6. The largest absolute Gasteiger partial charge is 0.394 e. The summed E-state index contributed by atoms with van der Waals surface area (Å²) in [5.74, 6) is -0.282. The van der Waals surface area contributed by atoms with Gasteiger partial charge in [-0.1, -0.05) is 262 Å². The molecule has 12 N–H and O–H groups in total. The molecule has 3 rings (SSSR count). The van der Waals surface area contributed by atoms with Crippen molar-refractivity contribution in [2.45, 2.75) is 394 Å². The van der Waals surface area contributed by atoms with Crippen molar-refractivity contribution >= 4 is 5.91 Å². The molecule has 3 heterocycles. The molecule has 3 fully saturated rings. The van der Waals surface area contributed by atoms with Crippen molar-refractivity contribution in [3.05, 3.63) is 36.5 Å². The number of nitrogens with one attached hydrogen (secondary N) is 1. The van der Waals surface area contributed by atoms with Gasteiger partial charge < -0.3 is 89.9 Å². The first kappa shape index (κ1) is 84.2. The van der Waals surface area contributed by atoms with Crippen molar-refractivity contribution in [2.24, 2.45) is 0 Å². The van der Waals surface area contributed by atoms with E-state index in [-0.39, 0.29) is 18.9 Å². The van der Waals surface area contributed by atoms with Crippen LogP contribution < -0.4 is 5.32 Å². The number of unbranched alkanes of at least 4 members (excludes halogenated alkanes) is 38. The fraction of sp³-hybridized carbons (Fsp3) is 0.904. The highest BCUT2D eigenvalue weighted by atomic mass is 16.8. The Morgan fingerprint density at radius 1 is 0.380 bits per heavy atom. The van der Waals surface area contributed by atoms with Gasteiger partial charge in [0.1, 0.15) is 73.2 Å². The molecule has 19 heteroatoms. The third-order valence-corrected chi connectivity index (χ3v) is 18.7. The van der Waals surface area contributed by atoms with Crippen LogP contribution in [0.25, 0.3) is 0 Å². The van der Waals surface area contributed by atoms with E-state index in [0.717, 1.165) is 38.5 Å². The topological polar surface area (TPSA) is 307 Å². The van der Waals surface area contributed by atoms with Gasteiger partial charge in [-0.15, -0.1) is 0 Å². The van der Waals surface area contributed by atoms with E-state index < -0.39 is 124 Å². The molecule has 0 aromatic rings. The van der Waals surface area contributed by atoms with Gasteiger partial charge >= 0.3 is 0 Å². The summed E-state index contributed by atoms with van der Waals surface area (Å²) in [5, 5.41) is 120. The zero-order chi connectivity index (χ0) is 66.8. The zero-order valence-electron chi connectivity index (χ0n) is 57.3. The Morgan fingerprint density at radius 3 is 1.09 bits per heavy atom. The Hall–Kier alpha value is -1.99. The second-order valence-corrected chi connectivity index (χ2v) is 26.7. The number of aliphatic hydroxyl groups is 11. The van der Waals surface area contributed by atoms with Gasteiger partial charge in [0.15, 0.2) is 18.9 Å². The van der Waals surface area contributed by atoms with Crippen molar-refractivity contribution < 1.29 is 89.4 Å². The van der Waals surface area contributed by atoms with Crippen molar-refractivity contribution in [3.63, 3.8) is 0 Å². The van der Waals surface area contributed by atoms with Gasteiger partial charge in [0, 0.05) is 6.42 Å². The van der Waals surface area contributed by atoms with E-state index in [2.05, 4.69) is 43.5 Å². The lowest BCUT2D eigenvalue weighted by atomic mass is 9.96. The van der Waals surface area contributed by atoms with E-state index in [0.29, 0.717) is 12.8 Å². The normalized spacial score (nSPS) is 27.9. The lowest BCUT2D eigenvalue weighted by Crippen LogP contribution is -2.66. The van der Waals surface area contributed by atoms with Crippen molar-refractivity contribution in [1.29, 1.82) is 0 Å². The van der Waals surface area contributed by atoms with Crippen LogP contribution in [0.2, 0.25) is 0 Å². The Bertz CT molecular complexity index is 1810. The summed E-state index contributed by atoms with van der Waals surface area (Å²) in [7, 11) is 0. The number of ether oxygens (including phenoxy) is 6. The Kier molecular flexibility index (Phi) is 50.3. The molecule has 17 unspecified atom stereocenters. The highest BCUT2D eigenvalue weighted by molar-refractivity contribution is 5.76. The van der Waals surface area contributed by atoms with Gasteiger partial charge in [-0.25, -0.2) is 0 Å². The molecule has 0 aliphatic carbocycles. The smallest absolute Gasteiger partial charge is 0.220 e. The van der Waals surface area contributed by atoms with Crippen molar-refractivity contribution in [3.8, 4) is 0 Å². The minimum Gasteiger partial charge on any atom is -0.394 e. The highest BCUT2D eigenvalue weighted by Crippen LogP contribution is 2.33. The fourth-order valence-corrected chi connectivity index (χ4v) is 12.6. The molecule has 0 spiro atoms. The lowest BCUT2D eigenvalue weighted by Gasteiger charge is -2.48. The van der Waals surface area contributed by atoms with Gasteiger partial charge in [-0.05, 0) is 57.8 Å². The summed E-state index contributed by atoms with van der Waals surface area (Å²) in [6, 6.07) is -0.987. The SMILES string of the molecule is CCCCCCCC/C=C/CC/C=C/C(O)C(COC1OC(CO)C(OC2OC(CO)C(OC3OC(CO)C(O)C(O)C3O)C(O)C2O)C(O)C1O)NC(=O)CCCCCCCCCCCCCCCCCCCCCCCCC/C=C\CCCCCCCCCC. The molecule has 0 aromatic carbocycles. The Balaban J connectivity index is 1.31. The average Bonchev–Trinajstić information content (AvgIpc) is 0.819. The van der Waals surface area contributed by atoms with Crippen LogP contribution in [0.1, 0.15) is 290 Å². The van der Waals surface area contributed by atoms with Crippen LogP contribution in [-0.4, -0.2) is 193 Å². The number of carbonyl (C=O) groups is 1. The van der Waals surface area contributed by atoms with Crippen LogP contribution >= 0.6 is 0 Å². The first-order valence-electron chi connectivity index (χ1n) is 37.2. The van der Waals surface area contributed by atoms with Gasteiger partial charge in [0.2, 0.25) is 5.91 Å². The van der Waals surface area contributed by atoms with Crippen molar-refractivity contribution in [1.82, 2.24) is 5.32 Å². The minimum absolute atomic E-state index is 0.239. The van der Waals surface area contributed by atoms with E-state index >= 15 is 0 Å². The third kappa shape index (κ3) is 36.0. The molecule has 3 saturated heterocycles. The van der Waals surface area contributed by atoms with E-state index in [4.69, 9.17) is 28.4 Å². The van der Waals surface area contributed by atoms with Crippen LogP contribution in [0, 0.1) is 0 Å². The number of allylic oxidation sites excluding steroid dienone is 5. The first-order chi connectivity index (χ1) is 44.8. The maximum atomic E-state index is 13.4. The number of carbonyl (C=O) groups excluding carboxylic acids is 1. The molecule has 19 nitrogen and oxygen atoms in total. The molecule has 0 saturated carbocycles. The van der Waals surface area contributed by atoms with Gasteiger partial charge in [0.05, 0.1) is 38.6 Å². The molecular formula is C73H135NO18.